The highest BCUT2D eigenvalue weighted by atomic mass is 16.5. The van der Waals surface area contributed by atoms with Crippen molar-refractivity contribution in [1.82, 2.24) is 10.3 Å². The molecule has 0 aliphatic rings. The second kappa shape index (κ2) is 10.0. The molecule has 6 nitrogen and oxygen atoms in total. The molecule has 0 radical (unpaired) electrons. The normalized spacial score (nSPS) is 10.2. The Bertz CT molecular complexity index is 929. The Labute approximate surface area is 170 Å². The van der Waals surface area contributed by atoms with Crippen LogP contribution in [0.1, 0.15) is 18.9 Å². The largest absolute Gasteiger partial charge is 0.457 e. The van der Waals surface area contributed by atoms with E-state index in [9.17, 15) is 9.59 Å². The van der Waals surface area contributed by atoms with Crippen molar-refractivity contribution in [2.45, 2.75) is 19.9 Å². The predicted octanol–water partition coefficient (Wildman–Crippen LogP) is 3.93. The van der Waals surface area contributed by atoms with Crippen molar-refractivity contribution in [3.8, 4) is 11.5 Å². The van der Waals surface area contributed by atoms with Gasteiger partial charge in [-0.05, 0) is 48.0 Å². The summed E-state index contributed by atoms with van der Waals surface area (Å²) in [6.45, 7) is 2.20. The van der Waals surface area contributed by atoms with Gasteiger partial charge in [0.1, 0.15) is 11.5 Å². The minimum Gasteiger partial charge on any atom is -0.457 e. The number of aromatic nitrogens is 1. The quantitative estimate of drug-likeness (QED) is 0.634. The predicted molar refractivity (Wildman–Crippen MR) is 112 cm³/mol. The molecule has 2 aromatic carbocycles. The fourth-order valence-corrected chi connectivity index (χ4v) is 2.79. The van der Waals surface area contributed by atoms with Gasteiger partial charge in [-0.25, -0.2) is 0 Å². The summed E-state index contributed by atoms with van der Waals surface area (Å²) in [6.07, 6.45) is 3.61. The molecule has 0 unspecified atom stereocenters. The smallest absolute Gasteiger partial charge is 0.223 e. The highest BCUT2D eigenvalue weighted by Gasteiger charge is 2.13. The maximum absolute atomic E-state index is 12.1. The van der Waals surface area contributed by atoms with E-state index in [-0.39, 0.29) is 18.2 Å². The first-order valence-electron chi connectivity index (χ1n) is 9.38. The van der Waals surface area contributed by atoms with Crippen LogP contribution in [-0.2, 0) is 16.1 Å². The molecule has 1 N–H and O–H groups in total. The van der Waals surface area contributed by atoms with Crippen LogP contribution in [0.4, 0.5) is 5.69 Å². The zero-order valence-corrected chi connectivity index (χ0v) is 16.2. The molecule has 0 fully saturated rings. The van der Waals surface area contributed by atoms with Gasteiger partial charge in [-0.1, -0.05) is 24.3 Å². The van der Waals surface area contributed by atoms with Gasteiger partial charge in [0.2, 0.25) is 11.8 Å². The number of hydrogen-bond acceptors (Lipinski definition) is 4. The van der Waals surface area contributed by atoms with Crippen LogP contribution in [0.5, 0.6) is 11.5 Å². The summed E-state index contributed by atoms with van der Waals surface area (Å²) >= 11 is 0. The number of anilines is 1. The standard InChI is InChI=1S/C23H23N3O3/c1-18(27)26(15-13-23(28)25-17-19-6-5-14-24-16-19)20-9-11-22(12-10-20)29-21-7-3-2-4-8-21/h2-12,14,16H,13,15,17H2,1H3,(H,25,28). The molecule has 0 aliphatic carbocycles. The highest BCUT2D eigenvalue weighted by Crippen LogP contribution is 2.24. The van der Waals surface area contributed by atoms with E-state index in [0.717, 1.165) is 17.0 Å². The Hall–Kier alpha value is -3.67. The van der Waals surface area contributed by atoms with Crippen LogP contribution in [0.25, 0.3) is 0 Å². The molecule has 6 heteroatoms. The van der Waals surface area contributed by atoms with Crippen LogP contribution in [0.3, 0.4) is 0 Å². The van der Waals surface area contributed by atoms with Gasteiger partial charge in [0.05, 0.1) is 0 Å². The summed E-state index contributed by atoms with van der Waals surface area (Å²) in [7, 11) is 0. The molecular weight excluding hydrogens is 366 g/mol. The molecule has 0 atom stereocenters. The van der Waals surface area contributed by atoms with E-state index < -0.39 is 0 Å². The van der Waals surface area contributed by atoms with Gasteiger partial charge in [-0.15, -0.1) is 0 Å². The third-order valence-corrected chi connectivity index (χ3v) is 4.28. The fourth-order valence-electron chi connectivity index (χ4n) is 2.79. The molecule has 148 valence electrons. The third-order valence-electron chi connectivity index (χ3n) is 4.28. The minimum absolute atomic E-state index is 0.121. The van der Waals surface area contributed by atoms with Crippen molar-refractivity contribution in [3.05, 3.63) is 84.7 Å². The van der Waals surface area contributed by atoms with Crippen LogP contribution >= 0.6 is 0 Å². The van der Waals surface area contributed by atoms with E-state index in [0.29, 0.717) is 18.8 Å². The number of amides is 2. The van der Waals surface area contributed by atoms with Crippen LogP contribution in [0.15, 0.2) is 79.1 Å². The topological polar surface area (TPSA) is 71.5 Å². The lowest BCUT2D eigenvalue weighted by Crippen LogP contribution is -2.33. The number of ether oxygens (including phenoxy) is 1. The molecule has 0 spiro atoms. The molecule has 0 saturated carbocycles. The highest BCUT2D eigenvalue weighted by molar-refractivity contribution is 5.92. The maximum atomic E-state index is 12.1. The van der Waals surface area contributed by atoms with E-state index in [1.165, 1.54) is 6.92 Å². The van der Waals surface area contributed by atoms with Gasteiger partial charge < -0.3 is 15.0 Å². The number of pyridine rings is 1. The van der Waals surface area contributed by atoms with Crippen molar-refractivity contribution in [3.63, 3.8) is 0 Å². The third kappa shape index (κ3) is 6.17. The Balaban J connectivity index is 1.55. The lowest BCUT2D eigenvalue weighted by molar-refractivity contribution is -0.121. The van der Waals surface area contributed by atoms with E-state index in [1.807, 2.05) is 54.6 Å². The number of benzene rings is 2. The summed E-state index contributed by atoms with van der Waals surface area (Å²) < 4.78 is 5.77. The number of nitrogens with one attached hydrogen (secondary N) is 1. The zero-order valence-electron chi connectivity index (χ0n) is 16.2. The lowest BCUT2D eigenvalue weighted by Gasteiger charge is -2.21. The molecule has 3 rings (SSSR count). The molecule has 1 heterocycles. The summed E-state index contributed by atoms with van der Waals surface area (Å²) in [6, 6.07) is 20.4. The van der Waals surface area contributed by atoms with Crippen LogP contribution < -0.4 is 15.0 Å². The number of carbonyl (C=O) groups is 2. The SMILES string of the molecule is CC(=O)N(CCC(=O)NCc1cccnc1)c1ccc(Oc2ccccc2)cc1. The second-order valence-corrected chi connectivity index (χ2v) is 6.47. The van der Waals surface area contributed by atoms with Crippen molar-refractivity contribution < 1.29 is 14.3 Å². The van der Waals surface area contributed by atoms with Crippen molar-refractivity contribution >= 4 is 17.5 Å². The molecule has 0 saturated heterocycles. The average Bonchev–Trinajstić information content (AvgIpc) is 2.75. The maximum Gasteiger partial charge on any atom is 0.223 e. The first kappa shape index (κ1) is 20.1. The first-order chi connectivity index (χ1) is 14.1. The number of rotatable bonds is 8. The summed E-state index contributed by atoms with van der Waals surface area (Å²) in [4.78, 5) is 29.8. The van der Waals surface area contributed by atoms with Crippen LogP contribution in [0.2, 0.25) is 0 Å². The fraction of sp³-hybridized carbons (Fsp3) is 0.174. The average molecular weight is 389 g/mol. The van der Waals surface area contributed by atoms with Gasteiger partial charge in [0.25, 0.3) is 0 Å². The minimum atomic E-state index is -0.123. The second-order valence-electron chi connectivity index (χ2n) is 6.47. The molecule has 1 aromatic heterocycles. The first-order valence-corrected chi connectivity index (χ1v) is 9.38. The Morgan fingerprint density at radius 1 is 0.966 bits per heavy atom. The molecule has 0 aliphatic heterocycles. The van der Waals surface area contributed by atoms with Crippen molar-refractivity contribution in [2.75, 3.05) is 11.4 Å². The number of carbonyl (C=O) groups excluding carboxylic acids is 2. The Morgan fingerprint density at radius 3 is 2.34 bits per heavy atom. The molecular formula is C23H23N3O3. The molecule has 2 amide bonds. The monoisotopic (exact) mass is 389 g/mol. The van der Waals surface area contributed by atoms with Crippen molar-refractivity contribution in [2.24, 2.45) is 0 Å². The zero-order chi connectivity index (χ0) is 20.5. The van der Waals surface area contributed by atoms with E-state index in [4.69, 9.17) is 4.74 Å². The van der Waals surface area contributed by atoms with Crippen LogP contribution in [-0.4, -0.2) is 23.3 Å². The number of nitrogens with zero attached hydrogens (tertiary/aromatic N) is 2. The van der Waals surface area contributed by atoms with Crippen molar-refractivity contribution in [1.29, 1.82) is 0 Å². The van der Waals surface area contributed by atoms with E-state index in [1.54, 1.807) is 29.4 Å². The number of hydrogen-bond donors (Lipinski definition) is 1. The molecule has 29 heavy (non-hydrogen) atoms. The summed E-state index contributed by atoms with van der Waals surface area (Å²) in [5.74, 6) is 1.18. The van der Waals surface area contributed by atoms with Gasteiger partial charge in [-0.2, -0.15) is 0 Å². The Kier molecular flexibility index (Phi) is 6.95. The Morgan fingerprint density at radius 2 is 1.69 bits per heavy atom. The molecule has 0 bridgehead atoms. The molecule has 3 aromatic rings. The lowest BCUT2D eigenvalue weighted by atomic mass is 10.2. The van der Waals surface area contributed by atoms with Gasteiger partial charge in [0.15, 0.2) is 0 Å². The summed E-state index contributed by atoms with van der Waals surface area (Å²) in [5.41, 5.74) is 1.65. The van der Waals surface area contributed by atoms with Gasteiger partial charge >= 0.3 is 0 Å². The van der Waals surface area contributed by atoms with E-state index >= 15 is 0 Å². The van der Waals surface area contributed by atoms with E-state index in [2.05, 4.69) is 10.3 Å². The van der Waals surface area contributed by atoms with Gasteiger partial charge in [-0.3, -0.25) is 14.6 Å². The summed E-state index contributed by atoms with van der Waals surface area (Å²) in [5, 5.41) is 2.84. The van der Waals surface area contributed by atoms with Gasteiger partial charge in [0, 0.05) is 44.5 Å². The van der Waals surface area contributed by atoms with Crippen LogP contribution in [0, 0.1) is 0 Å². The number of para-hydroxylation sites is 1.